The van der Waals surface area contributed by atoms with Crippen LogP contribution in [0.15, 0.2) is 35.8 Å². The maximum Gasteiger partial charge on any atom is 0.263 e. The smallest absolute Gasteiger partial charge is 0.263 e. The van der Waals surface area contributed by atoms with Gasteiger partial charge in [0.1, 0.15) is 0 Å². The van der Waals surface area contributed by atoms with Crippen molar-refractivity contribution in [2.45, 2.75) is 6.54 Å². The largest absolute Gasteiger partial charge is 0.353 e. The summed E-state index contributed by atoms with van der Waals surface area (Å²) >= 11 is 1.55. The van der Waals surface area contributed by atoms with Crippen molar-refractivity contribution in [1.29, 1.82) is 0 Å². The lowest BCUT2D eigenvalue weighted by molar-refractivity contribution is 0.0778. The summed E-state index contributed by atoms with van der Waals surface area (Å²) in [6, 6.07) is 8.19. The minimum atomic E-state index is 0.221. The Morgan fingerprint density at radius 1 is 1.18 bits per heavy atom. The monoisotopic (exact) mass is 315 g/mol. The molecule has 0 N–H and O–H groups in total. The van der Waals surface area contributed by atoms with Gasteiger partial charge in [0, 0.05) is 51.7 Å². The summed E-state index contributed by atoms with van der Waals surface area (Å²) in [6.45, 7) is 5.10. The number of likely N-dealkylation sites (tertiary alicyclic amines) is 2. The predicted molar refractivity (Wildman–Crippen MR) is 87.9 cm³/mol. The Labute approximate surface area is 135 Å². The molecule has 2 aliphatic rings. The van der Waals surface area contributed by atoms with Gasteiger partial charge in [0.25, 0.3) is 5.91 Å². The van der Waals surface area contributed by atoms with Gasteiger partial charge in [-0.15, -0.1) is 11.3 Å². The molecule has 0 spiro atoms. The van der Waals surface area contributed by atoms with Gasteiger partial charge in [-0.3, -0.25) is 9.69 Å². The maximum absolute atomic E-state index is 12.4. The standard InChI is InChI=1S/C17H21N3OS/c1-18-6-2-4-15(18)12-19-8-13-10-20(11-14(13)9-19)17(21)16-5-3-7-22-16/h2-7,13-14H,8-12H2,1H3/t13-,14-/m0/s1. The van der Waals surface area contributed by atoms with Crippen molar-refractivity contribution >= 4 is 17.2 Å². The number of carbonyl (C=O) groups excluding carboxylic acids is 1. The van der Waals surface area contributed by atoms with Gasteiger partial charge in [0.2, 0.25) is 0 Å². The maximum atomic E-state index is 12.4. The molecule has 0 saturated carbocycles. The van der Waals surface area contributed by atoms with Gasteiger partial charge in [0.05, 0.1) is 4.88 Å². The third-order valence-corrected chi connectivity index (χ3v) is 5.88. The average Bonchev–Trinajstić information content (AvgIpc) is 3.23. The Morgan fingerprint density at radius 3 is 2.55 bits per heavy atom. The van der Waals surface area contributed by atoms with Crippen LogP contribution in [0.25, 0.3) is 0 Å². The van der Waals surface area contributed by atoms with E-state index < -0.39 is 0 Å². The Hall–Kier alpha value is -1.59. The number of thiophene rings is 1. The lowest BCUT2D eigenvalue weighted by Gasteiger charge is -2.21. The van der Waals surface area contributed by atoms with Crippen molar-refractivity contribution in [3.8, 4) is 0 Å². The second-order valence-electron chi connectivity index (χ2n) is 6.51. The molecule has 0 radical (unpaired) electrons. The second-order valence-corrected chi connectivity index (χ2v) is 7.46. The Kier molecular flexibility index (Phi) is 3.54. The first-order valence-electron chi connectivity index (χ1n) is 7.86. The molecule has 2 saturated heterocycles. The molecule has 0 bridgehead atoms. The summed E-state index contributed by atoms with van der Waals surface area (Å²) < 4.78 is 2.20. The normalized spacial score (nSPS) is 24.9. The molecule has 2 fully saturated rings. The second kappa shape index (κ2) is 5.56. The molecule has 1 amide bonds. The number of fused-ring (bicyclic) bond motifs is 1. The molecule has 4 rings (SSSR count). The number of nitrogens with zero attached hydrogens (tertiary/aromatic N) is 3. The number of hydrogen-bond acceptors (Lipinski definition) is 3. The summed E-state index contributed by atoms with van der Waals surface area (Å²) in [7, 11) is 2.10. The van der Waals surface area contributed by atoms with E-state index in [4.69, 9.17) is 0 Å². The van der Waals surface area contributed by atoms with E-state index in [-0.39, 0.29) is 5.91 Å². The van der Waals surface area contributed by atoms with Gasteiger partial charge in [-0.2, -0.15) is 0 Å². The van der Waals surface area contributed by atoms with Crippen molar-refractivity contribution in [3.63, 3.8) is 0 Å². The summed E-state index contributed by atoms with van der Waals surface area (Å²) in [6.07, 6.45) is 2.10. The number of hydrogen-bond donors (Lipinski definition) is 0. The van der Waals surface area contributed by atoms with Crippen LogP contribution in [-0.4, -0.2) is 46.5 Å². The van der Waals surface area contributed by atoms with Gasteiger partial charge < -0.3 is 9.47 Å². The third-order valence-electron chi connectivity index (χ3n) is 5.02. The molecule has 4 heterocycles. The molecule has 4 nitrogen and oxygen atoms in total. The minimum absolute atomic E-state index is 0.221. The summed E-state index contributed by atoms with van der Waals surface area (Å²) in [4.78, 5) is 17.9. The molecular formula is C17H21N3OS. The fraction of sp³-hybridized carbons (Fsp3) is 0.471. The van der Waals surface area contributed by atoms with Gasteiger partial charge in [-0.05, 0) is 35.4 Å². The van der Waals surface area contributed by atoms with E-state index in [0.717, 1.165) is 37.6 Å². The molecule has 2 aliphatic heterocycles. The number of aryl methyl sites for hydroxylation is 1. The Morgan fingerprint density at radius 2 is 1.95 bits per heavy atom. The van der Waals surface area contributed by atoms with Gasteiger partial charge in [-0.1, -0.05) is 6.07 Å². The molecule has 2 atom stereocenters. The minimum Gasteiger partial charge on any atom is -0.353 e. The molecule has 0 unspecified atom stereocenters. The summed E-state index contributed by atoms with van der Waals surface area (Å²) in [5, 5.41) is 1.98. The van der Waals surface area contributed by atoms with Gasteiger partial charge in [0.15, 0.2) is 0 Å². The van der Waals surface area contributed by atoms with Crippen molar-refractivity contribution < 1.29 is 4.79 Å². The highest BCUT2D eigenvalue weighted by molar-refractivity contribution is 7.12. The van der Waals surface area contributed by atoms with Crippen LogP contribution < -0.4 is 0 Å². The average molecular weight is 315 g/mol. The quantitative estimate of drug-likeness (QED) is 0.869. The summed E-state index contributed by atoms with van der Waals surface area (Å²) in [5.74, 6) is 1.51. The van der Waals surface area contributed by atoms with E-state index in [0.29, 0.717) is 11.8 Å². The molecule has 0 aliphatic carbocycles. The molecule has 0 aromatic carbocycles. The Balaban J connectivity index is 1.36. The van der Waals surface area contributed by atoms with Crippen LogP contribution in [0.3, 0.4) is 0 Å². The van der Waals surface area contributed by atoms with Gasteiger partial charge in [-0.25, -0.2) is 0 Å². The first kappa shape index (κ1) is 14.0. The first-order valence-corrected chi connectivity index (χ1v) is 8.74. The van der Waals surface area contributed by atoms with Crippen LogP contribution in [0.1, 0.15) is 15.4 Å². The highest BCUT2D eigenvalue weighted by Crippen LogP contribution is 2.33. The molecular weight excluding hydrogens is 294 g/mol. The number of aromatic nitrogens is 1. The number of rotatable bonds is 3. The van der Waals surface area contributed by atoms with E-state index in [1.54, 1.807) is 11.3 Å². The fourth-order valence-electron chi connectivity index (χ4n) is 3.83. The molecule has 22 heavy (non-hydrogen) atoms. The zero-order valence-corrected chi connectivity index (χ0v) is 13.6. The SMILES string of the molecule is Cn1cccc1CN1C[C@H]2CN(C(=O)c3cccs3)C[C@@H]2C1. The molecule has 116 valence electrons. The van der Waals surface area contributed by atoms with Crippen LogP contribution >= 0.6 is 11.3 Å². The zero-order valence-electron chi connectivity index (χ0n) is 12.8. The molecule has 5 heteroatoms. The Bertz CT molecular complexity index is 649. The summed E-state index contributed by atoms with van der Waals surface area (Å²) in [5.41, 5.74) is 1.37. The third kappa shape index (κ3) is 2.48. The zero-order chi connectivity index (χ0) is 15.1. The molecule has 2 aromatic rings. The fourth-order valence-corrected chi connectivity index (χ4v) is 4.52. The van der Waals surface area contributed by atoms with Crippen LogP contribution in [0, 0.1) is 11.8 Å². The van der Waals surface area contributed by atoms with Crippen LogP contribution in [0.2, 0.25) is 0 Å². The van der Waals surface area contributed by atoms with Crippen molar-refractivity contribution in [1.82, 2.24) is 14.4 Å². The highest BCUT2D eigenvalue weighted by Gasteiger charge is 2.41. The van der Waals surface area contributed by atoms with Crippen molar-refractivity contribution in [2.75, 3.05) is 26.2 Å². The van der Waals surface area contributed by atoms with E-state index in [2.05, 4.69) is 39.7 Å². The van der Waals surface area contributed by atoms with E-state index in [9.17, 15) is 4.79 Å². The topological polar surface area (TPSA) is 28.5 Å². The van der Waals surface area contributed by atoms with Gasteiger partial charge >= 0.3 is 0 Å². The van der Waals surface area contributed by atoms with Crippen molar-refractivity contribution in [3.05, 3.63) is 46.4 Å². The number of carbonyl (C=O) groups is 1. The van der Waals surface area contributed by atoms with E-state index in [1.807, 2.05) is 17.5 Å². The predicted octanol–water partition coefficient (Wildman–Crippen LogP) is 2.29. The van der Waals surface area contributed by atoms with Crippen molar-refractivity contribution in [2.24, 2.45) is 18.9 Å². The van der Waals surface area contributed by atoms with E-state index >= 15 is 0 Å². The lowest BCUT2D eigenvalue weighted by atomic mass is 10.0. The molecule has 2 aromatic heterocycles. The van der Waals surface area contributed by atoms with Crippen LogP contribution in [0.4, 0.5) is 0 Å². The lowest BCUT2D eigenvalue weighted by Crippen LogP contribution is -2.32. The number of amides is 1. The van der Waals surface area contributed by atoms with Crippen LogP contribution in [-0.2, 0) is 13.6 Å². The van der Waals surface area contributed by atoms with E-state index in [1.165, 1.54) is 5.69 Å². The first-order chi connectivity index (χ1) is 10.7. The van der Waals surface area contributed by atoms with Crippen LogP contribution in [0.5, 0.6) is 0 Å². The highest BCUT2D eigenvalue weighted by atomic mass is 32.1.